The van der Waals surface area contributed by atoms with Crippen LogP contribution in [0.5, 0.6) is 0 Å². The molecule has 2 rings (SSSR count). The van der Waals surface area contributed by atoms with E-state index in [1.165, 1.54) is 33.6 Å². The summed E-state index contributed by atoms with van der Waals surface area (Å²) in [4.78, 5) is 6.56. The Hall–Kier alpha value is -1.44. The van der Waals surface area contributed by atoms with Crippen molar-refractivity contribution in [3.8, 4) is 0 Å². The quantitative estimate of drug-likeness (QED) is 0.762. The molecule has 21 heavy (non-hydrogen) atoms. The maximum Gasteiger partial charge on any atom is 0.0179 e. The number of hydrogen-bond acceptors (Lipinski definition) is 0. The predicted molar refractivity (Wildman–Crippen MR) is 93.2 cm³/mol. The molecule has 2 heteroatoms. The molecule has 0 bridgehead atoms. The Balaban J connectivity index is 0.000000211. The average molecular weight is 288 g/mol. The van der Waals surface area contributed by atoms with Crippen molar-refractivity contribution in [1.82, 2.24) is 9.97 Å². The Labute approximate surface area is 130 Å². The molecule has 2 heterocycles. The number of rotatable bonds is 5. The second-order valence-electron chi connectivity index (χ2n) is 5.46. The Kier molecular flexibility index (Phi) is 7.35. The van der Waals surface area contributed by atoms with Crippen LogP contribution < -0.4 is 0 Å². The van der Waals surface area contributed by atoms with Gasteiger partial charge in [0.05, 0.1) is 0 Å². The molecule has 0 radical (unpaired) electrons. The number of nitrogens with one attached hydrogen (secondary N) is 2. The largest absolute Gasteiger partial charge is 0.365 e. The predicted octanol–water partition coefficient (Wildman–Crippen LogP) is 5.15. The van der Waals surface area contributed by atoms with Crippen molar-refractivity contribution in [2.75, 3.05) is 0 Å². The lowest BCUT2D eigenvalue weighted by Crippen LogP contribution is -1.90. The van der Waals surface area contributed by atoms with Gasteiger partial charge in [-0.05, 0) is 61.3 Å². The smallest absolute Gasteiger partial charge is 0.0179 e. The van der Waals surface area contributed by atoms with Gasteiger partial charge in [0.2, 0.25) is 0 Å². The minimum absolute atomic E-state index is 1.13. The first-order valence-corrected chi connectivity index (χ1v) is 8.46. The molecule has 0 atom stereocenters. The fraction of sp³-hybridized carbons (Fsp3) is 0.579. The zero-order valence-corrected chi connectivity index (χ0v) is 14.7. The Bertz CT molecular complexity index is 510. The first kappa shape index (κ1) is 17.6. The summed E-state index contributed by atoms with van der Waals surface area (Å²) in [5, 5.41) is 0. The minimum Gasteiger partial charge on any atom is -0.365 e. The maximum absolute atomic E-state index is 3.33. The molecule has 2 aromatic rings. The van der Waals surface area contributed by atoms with Crippen molar-refractivity contribution in [2.24, 2.45) is 0 Å². The molecule has 2 aromatic heterocycles. The van der Waals surface area contributed by atoms with Gasteiger partial charge >= 0.3 is 0 Å². The van der Waals surface area contributed by atoms with E-state index < -0.39 is 0 Å². The molecule has 2 N–H and O–H groups in total. The Morgan fingerprint density at radius 2 is 1.19 bits per heavy atom. The monoisotopic (exact) mass is 288 g/mol. The van der Waals surface area contributed by atoms with Crippen LogP contribution in [0.1, 0.15) is 68.3 Å². The normalized spacial score (nSPS) is 10.4. The van der Waals surface area contributed by atoms with E-state index in [4.69, 9.17) is 0 Å². The molecule has 2 nitrogen and oxygen atoms in total. The fourth-order valence-electron chi connectivity index (χ4n) is 3.03. The van der Waals surface area contributed by atoms with E-state index in [2.05, 4.69) is 63.9 Å². The molecular weight excluding hydrogens is 256 g/mol. The van der Waals surface area contributed by atoms with Crippen LogP contribution in [0.3, 0.4) is 0 Å². The van der Waals surface area contributed by atoms with Crippen molar-refractivity contribution in [3.05, 3.63) is 46.0 Å². The molecule has 118 valence electrons. The summed E-state index contributed by atoms with van der Waals surface area (Å²) in [5.41, 5.74) is 8.76. The maximum atomic E-state index is 3.33. The third-order valence-corrected chi connectivity index (χ3v) is 4.30. The van der Waals surface area contributed by atoms with Crippen LogP contribution in [0.15, 0.2) is 12.4 Å². The molecule has 0 aliphatic heterocycles. The standard InChI is InChI=1S/C10H17N.C9H15N/c1-4-8-7-11-10(6-3)9(8)5-2;1-4-8-6-10-7(3)9(8)5-2/h7,11H,4-6H2,1-3H3;6,10H,4-5H2,1-3H3. The summed E-state index contributed by atoms with van der Waals surface area (Å²) in [6.07, 6.45) is 10.0. The second kappa shape index (κ2) is 8.76. The highest BCUT2D eigenvalue weighted by Crippen LogP contribution is 2.15. The number of hydrogen-bond donors (Lipinski definition) is 2. The molecule has 0 saturated heterocycles. The average Bonchev–Trinajstić information content (AvgIpc) is 3.09. The van der Waals surface area contributed by atoms with Crippen molar-refractivity contribution >= 4 is 0 Å². The molecule has 0 aliphatic carbocycles. The third-order valence-electron chi connectivity index (χ3n) is 4.30. The van der Waals surface area contributed by atoms with Gasteiger partial charge in [0, 0.05) is 23.8 Å². The highest BCUT2D eigenvalue weighted by molar-refractivity contribution is 5.31. The summed E-state index contributed by atoms with van der Waals surface area (Å²) < 4.78 is 0. The fourth-order valence-corrected chi connectivity index (χ4v) is 3.03. The van der Waals surface area contributed by atoms with Gasteiger partial charge < -0.3 is 9.97 Å². The van der Waals surface area contributed by atoms with Gasteiger partial charge in [-0.2, -0.15) is 0 Å². The van der Waals surface area contributed by atoms with Gasteiger partial charge in [-0.25, -0.2) is 0 Å². The summed E-state index contributed by atoms with van der Waals surface area (Å²) in [5.74, 6) is 0. The highest BCUT2D eigenvalue weighted by atomic mass is 14.7. The van der Waals surface area contributed by atoms with Crippen LogP contribution in [0.25, 0.3) is 0 Å². The van der Waals surface area contributed by atoms with Crippen LogP contribution in [0.2, 0.25) is 0 Å². The van der Waals surface area contributed by atoms with E-state index in [1.807, 2.05) is 0 Å². The zero-order valence-electron chi connectivity index (χ0n) is 14.7. The summed E-state index contributed by atoms with van der Waals surface area (Å²) in [6.45, 7) is 13.2. The lowest BCUT2D eigenvalue weighted by Gasteiger charge is -1.99. The van der Waals surface area contributed by atoms with Crippen molar-refractivity contribution in [1.29, 1.82) is 0 Å². The van der Waals surface area contributed by atoms with Gasteiger partial charge in [-0.3, -0.25) is 0 Å². The molecule has 0 aromatic carbocycles. The van der Waals surface area contributed by atoms with Crippen molar-refractivity contribution in [3.63, 3.8) is 0 Å². The topological polar surface area (TPSA) is 31.6 Å². The second-order valence-corrected chi connectivity index (χ2v) is 5.46. The number of aromatic nitrogens is 2. The minimum atomic E-state index is 1.13. The van der Waals surface area contributed by atoms with E-state index in [-0.39, 0.29) is 0 Å². The van der Waals surface area contributed by atoms with Gasteiger partial charge in [0.1, 0.15) is 0 Å². The number of aryl methyl sites for hydroxylation is 4. The van der Waals surface area contributed by atoms with Gasteiger partial charge in [0.25, 0.3) is 0 Å². The Morgan fingerprint density at radius 3 is 1.62 bits per heavy atom. The van der Waals surface area contributed by atoms with E-state index in [0.717, 1.165) is 32.1 Å². The zero-order chi connectivity index (χ0) is 15.8. The van der Waals surface area contributed by atoms with Crippen LogP contribution in [0.4, 0.5) is 0 Å². The SMILES string of the molecule is CCc1c[nH]c(C)c1CC.CCc1c[nH]c(CC)c1CC. The van der Waals surface area contributed by atoms with E-state index >= 15 is 0 Å². The van der Waals surface area contributed by atoms with Crippen LogP contribution in [0, 0.1) is 6.92 Å². The summed E-state index contributed by atoms with van der Waals surface area (Å²) in [7, 11) is 0. The first-order chi connectivity index (χ1) is 10.1. The molecule has 0 unspecified atom stereocenters. The Morgan fingerprint density at radius 1 is 0.667 bits per heavy atom. The molecule has 0 fully saturated rings. The van der Waals surface area contributed by atoms with Gasteiger partial charge in [0.15, 0.2) is 0 Å². The van der Waals surface area contributed by atoms with Crippen molar-refractivity contribution in [2.45, 2.75) is 73.6 Å². The van der Waals surface area contributed by atoms with Crippen LogP contribution in [-0.4, -0.2) is 9.97 Å². The van der Waals surface area contributed by atoms with Crippen molar-refractivity contribution < 1.29 is 0 Å². The van der Waals surface area contributed by atoms with Gasteiger partial charge in [-0.1, -0.05) is 34.6 Å². The highest BCUT2D eigenvalue weighted by Gasteiger charge is 2.05. The number of aromatic amines is 2. The summed E-state index contributed by atoms with van der Waals surface area (Å²) in [6, 6.07) is 0. The van der Waals surface area contributed by atoms with Gasteiger partial charge in [-0.15, -0.1) is 0 Å². The molecular formula is C19H32N2. The lowest BCUT2D eigenvalue weighted by molar-refractivity contribution is 0.985. The lowest BCUT2D eigenvalue weighted by atomic mass is 10.1. The molecule has 0 spiro atoms. The first-order valence-electron chi connectivity index (χ1n) is 8.46. The van der Waals surface area contributed by atoms with Crippen LogP contribution >= 0.6 is 0 Å². The number of H-pyrrole nitrogens is 2. The molecule has 0 aliphatic rings. The third kappa shape index (κ3) is 4.26. The molecule has 0 amide bonds. The molecule has 0 saturated carbocycles. The van der Waals surface area contributed by atoms with Crippen LogP contribution in [-0.2, 0) is 32.1 Å². The van der Waals surface area contributed by atoms with E-state index in [9.17, 15) is 0 Å². The van der Waals surface area contributed by atoms with E-state index in [0.29, 0.717) is 0 Å². The van der Waals surface area contributed by atoms with E-state index in [1.54, 1.807) is 0 Å². The summed E-state index contributed by atoms with van der Waals surface area (Å²) >= 11 is 0.